The number of hydrogen-bond acceptors (Lipinski definition) is 5. The predicted molar refractivity (Wildman–Crippen MR) is 98.2 cm³/mol. The summed E-state index contributed by atoms with van der Waals surface area (Å²) in [6.07, 6.45) is 0. The third-order valence-electron chi connectivity index (χ3n) is 3.85. The van der Waals surface area contributed by atoms with Gasteiger partial charge >= 0.3 is 0 Å². The summed E-state index contributed by atoms with van der Waals surface area (Å²) in [5.41, 5.74) is 1.73. The average molecular weight is 331 g/mol. The van der Waals surface area contributed by atoms with Crippen molar-refractivity contribution in [2.45, 2.75) is 6.85 Å². The number of para-hydroxylation sites is 2. The Bertz CT molecular complexity index is 1290. The molecule has 0 saturated carbocycles. The lowest BCUT2D eigenvalue weighted by molar-refractivity contribution is 1.13. The standard InChI is InChI=1S/C19H12N4S/c1-11-17-19(22-14-8-4-3-7-13(14)21-17)23-18(20-11)16-10-12-6-2-5-9-15(12)24-16/h2-10H,1H3/i1D3. The molecule has 0 radical (unpaired) electrons. The fourth-order valence-corrected chi connectivity index (χ4v) is 3.71. The zero-order valence-electron chi connectivity index (χ0n) is 15.4. The molecule has 0 bridgehead atoms. The predicted octanol–water partition coefficient (Wildman–Crippen LogP) is 4.76. The van der Waals surface area contributed by atoms with Crippen LogP contribution in [0, 0.1) is 6.85 Å². The van der Waals surface area contributed by atoms with Gasteiger partial charge in [0, 0.05) is 8.81 Å². The number of nitrogens with zero attached hydrogens (tertiary/aromatic N) is 4. The molecular formula is C19H12N4S. The minimum absolute atomic E-state index is 0.0711. The van der Waals surface area contributed by atoms with Gasteiger partial charge < -0.3 is 0 Å². The molecule has 4 nitrogen and oxygen atoms in total. The van der Waals surface area contributed by atoms with Crippen LogP contribution in [0.4, 0.5) is 0 Å². The Balaban J connectivity index is 1.83. The molecule has 0 saturated heterocycles. The summed E-state index contributed by atoms with van der Waals surface area (Å²) in [6, 6.07) is 17.3. The van der Waals surface area contributed by atoms with E-state index in [1.807, 2.05) is 48.5 Å². The van der Waals surface area contributed by atoms with Crippen LogP contribution in [0.5, 0.6) is 0 Å². The van der Waals surface area contributed by atoms with E-state index in [0.29, 0.717) is 22.5 Å². The number of aryl methyl sites for hydroxylation is 1. The Labute approximate surface area is 146 Å². The maximum Gasteiger partial charge on any atom is 0.182 e. The fraction of sp³-hybridized carbons (Fsp3) is 0.0526. The molecule has 3 heterocycles. The molecule has 0 spiro atoms. The molecule has 2 aromatic carbocycles. The minimum Gasteiger partial charge on any atom is -0.241 e. The second-order valence-corrected chi connectivity index (χ2v) is 6.51. The van der Waals surface area contributed by atoms with Gasteiger partial charge in [0.25, 0.3) is 0 Å². The molecule has 0 unspecified atom stereocenters. The van der Waals surface area contributed by atoms with Gasteiger partial charge in [-0.2, -0.15) is 0 Å². The van der Waals surface area contributed by atoms with Crippen molar-refractivity contribution in [2.24, 2.45) is 0 Å². The van der Waals surface area contributed by atoms with E-state index >= 15 is 0 Å². The van der Waals surface area contributed by atoms with E-state index in [1.54, 1.807) is 6.07 Å². The first-order chi connectivity index (χ1) is 13.0. The van der Waals surface area contributed by atoms with Crippen LogP contribution in [0.3, 0.4) is 0 Å². The maximum absolute atomic E-state index is 7.91. The van der Waals surface area contributed by atoms with Gasteiger partial charge in [-0.1, -0.05) is 30.3 Å². The molecule has 114 valence electrons. The summed E-state index contributed by atoms with van der Waals surface area (Å²) >= 11 is 1.53. The zero-order chi connectivity index (χ0) is 18.6. The molecule has 5 heteroatoms. The lowest BCUT2D eigenvalue weighted by Gasteiger charge is -2.04. The molecule has 0 fully saturated rings. The van der Waals surface area contributed by atoms with E-state index < -0.39 is 6.85 Å². The van der Waals surface area contributed by atoms with Gasteiger partial charge in [-0.05, 0) is 36.5 Å². The number of fused-ring (bicyclic) bond motifs is 3. The van der Waals surface area contributed by atoms with Crippen LogP contribution in [0.15, 0.2) is 54.6 Å². The van der Waals surface area contributed by atoms with Crippen LogP contribution in [0.2, 0.25) is 0 Å². The first kappa shape index (κ1) is 10.8. The van der Waals surface area contributed by atoms with E-state index in [9.17, 15) is 0 Å². The van der Waals surface area contributed by atoms with E-state index in [1.165, 1.54) is 11.3 Å². The van der Waals surface area contributed by atoms with Crippen molar-refractivity contribution in [3.63, 3.8) is 0 Å². The van der Waals surface area contributed by atoms with E-state index in [-0.39, 0.29) is 11.2 Å². The van der Waals surface area contributed by atoms with Crippen LogP contribution < -0.4 is 0 Å². The lowest BCUT2D eigenvalue weighted by atomic mass is 10.2. The molecule has 24 heavy (non-hydrogen) atoms. The monoisotopic (exact) mass is 331 g/mol. The molecule has 5 aromatic rings. The second-order valence-electron chi connectivity index (χ2n) is 5.43. The third-order valence-corrected chi connectivity index (χ3v) is 4.96. The smallest absolute Gasteiger partial charge is 0.182 e. The molecule has 3 aromatic heterocycles. The van der Waals surface area contributed by atoms with Gasteiger partial charge in [0.05, 0.1) is 21.6 Å². The number of hydrogen-bond donors (Lipinski definition) is 0. The number of aromatic nitrogens is 4. The summed E-state index contributed by atoms with van der Waals surface area (Å²) in [4.78, 5) is 18.7. The van der Waals surface area contributed by atoms with Crippen LogP contribution in [-0.2, 0) is 0 Å². The molecule has 5 rings (SSSR count). The normalized spacial score (nSPS) is 13.9. The third kappa shape index (κ3) is 2.06. The number of benzene rings is 2. The van der Waals surface area contributed by atoms with Crippen molar-refractivity contribution in [1.29, 1.82) is 0 Å². The van der Waals surface area contributed by atoms with Crippen LogP contribution in [0.25, 0.3) is 43.0 Å². The molecule has 0 aliphatic heterocycles. The molecular weight excluding hydrogens is 316 g/mol. The van der Waals surface area contributed by atoms with Crippen molar-refractivity contribution in [2.75, 3.05) is 0 Å². The van der Waals surface area contributed by atoms with Gasteiger partial charge in [0.2, 0.25) is 0 Å². The quantitative estimate of drug-likeness (QED) is 0.415. The van der Waals surface area contributed by atoms with Crippen molar-refractivity contribution in [3.8, 4) is 10.7 Å². The van der Waals surface area contributed by atoms with Crippen LogP contribution in [-0.4, -0.2) is 19.9 Å². The zero-order valence-corrected chi connectivity index (χ0v) is 13.2. The first-order valence-corrected chi connectivity index (χ1v) is 8.25. The Hall–Kier alpha value is -2.92. The van der Waals surface area contributed by atoms with E-state index in [2.05, 4.69) is 19.9 Å². The summed E-state index contributed by atoms with van der Waals surface area (Å²) in [5, 5.41) is 1.07. The Morgan fingerprint density at radius 2 is 1.67 bits per heavy atom. The van der Waals surface area contributed by atoms with Crippen molar-refractivity contribution in [3.05, 3.63) is 60.3 Å². The van der Waals surface area contributed by atoms with Crippen molar-refractivity contribution in [1.82, 2.24) is 19.9 Å². The van der Waals surface area contributed by atoms with Gasteiger partial charge in [0.1, 0.15) is 5.52 Å². The highest BCUT2D eigenvalue weighted by Gasteiger charge is 2.12. The SMILES string of the molecule is [2H]C([2H])([2H])c1nc(-c2cc3ccccc3s2)nc2nc3ccccc3nc12. The van der Waals surface area contributed by atoms with Crippen LogP contribution >= 0.6 is 11.3 Å². The topological polar surface area (TPSA) is 51.6 Å². The minimum atomic E-state index is -2.41. The average Bonchev–Trinajstić information content (AvgIpc) is 3.09. The van der Waals surface area contributed by atoms with Crippen LogP contribution in [0.1, 0.15) is 9.81 Å². The molecule has 0 aliphatic rings. The molecule has 0 amide bonds. The van der Waals surface area contributed by atoms with Crippen molar-refractivity contribution >= 4 is 43.6 Å². The highest BCUT2D eigenvalue weighted by molar-refractivity contribution is 7.22. The summed E-state index contributed by atoms with van der Waals surface area (Å²) in [7, 11) is 0. The Morgan fingerprint density at radius 1 is 0.875 bits per heavy atom. The molecule has 0 aliphatic carbocycles. The highest BCUT2D eigenvalue weighted by atomic mass is 32.1. The molecule has 0 N–H and O–H groups in total. The van der Waals surface area contributed by atoms with Gasteiger partial charge in [0.15, 0.2) is 11.5 Å². The van der Waals surface area contributed by atoms with Gasteiger partial charge in [-0.3, -0.25) is 0 Å². The highest BCUT2D eigenvalue weighted by Crippen LogP contribution is 2.32. The number of rotatable bonds is 1. The largest absolute Gasteiger partial charge is 0.241 e. The van der Waals surface area contributed by atoms with Gasteiger partial charge in [-0.25, -0.2) is 19.9 Å². The fourth-order valence-electron chi connectivity index (χ4n) is 2.71. The summed E-state index contributed by atoms with van der Waals surface area (Å²) in [6.45, 7) is -2.41. The second kappa shape index (κ2) is 5.04. The lowest BCUT2D eigenvalue weighted by Crippen LogP contribution is -1.98. The maximum atomic E-state index is 7.91. The van der Waals surface area contributed by atoms with Gasteiger partial charge in [-0.15, -0.1) is 11.3 Å². The van der Waals surface area contributed by atoms with Crippen molar-refractivity contribution < 1.29 is 4.11 Å². The Morgan fingerprint density at radius 3 is 2.50 bits per heavy atom. The van der Waals surface area contributed by atoms with E-state index in [4.69, 9.17) is 4.11 Å². The molecule has 0 atom stereocenters. The summed E-state index contributed by atoms with van der Waals surface area (Å²) < 4.78 is 24.8. The first-order valence-electron chi connectivity index (χ1n) is 8.93. The van der Waals surface area contributed by atoms with E-state index in [0.717, 1.165) is 15.0 Å². The Kier molecular flexibility index (Phi) is 2.26. The summed E-state index contributed by atoms with van der Waals surface area (Å²) in [5.74, 6) is 0.361. The number of thiophene rings is 1.